The summed E-state index contributed by atoms with van der Waals surface area (Å²) < 4.78 is 22.1. The van der Waals surface area contributed by atoms with Gasteiger partial charge in [0.2, 0.25) is 5.91 Å². The molecule has 0 bridgehead atoms. The number of hydrogen-bond acceptors (Lipinski definition) is 5. The smallest absolute Gasteiger partial charge is 0.237 e. The van der Waals surface area contributed by atoms with Gasteiger partial charge in [-0.05, 0) is 12.0 Å². The summed E-state index contributed by atoms with van der Waals surface area (Å²) in [4.78, 5) is 11.9. The van der Waals surface area contributed by atoms with Gasteiger partial charge in [-0.2, -0.15) is 0 Å². The van der Waals surface area contributed by atoms with E-state index in [1.807, 2.05) is 6.07 Å². The van der Waals surface area contributed by atoms with Gasteiger partial charge in [0, 0.05) is 6.26 Å². The van der Waals surface area contributed by atoms with Crippen LogP contribution < -0.4 is 11.1 Å². The van der Waals surface area contributed by atoms with E-state index in [9.17, 15) is 18.3 Å². The van der Waals surface area contributed by atoms with Crippen LogP contribution in [0, 0.1) is 0 Å². The fourth-order valence-corrected chi connectivity index (χ4v) is 2.35. The first kappa shape index (κ1) is 16.6. The van der Waals surface area contributed by atoms with E-state index in [2.05, 4.69) is 5.32 Å². The Bertz CT molecular complexity index is 531. The number of hydrogen-bond donors (Lipinski definition) is 3. The summed E-state index contributed by atoms with van der Waals surface area (Å²) in [5.74, 6) is -0.618. The Kier molecular flexibility index (Phi) is 6.12. The highest BCUT2D eigenvalue weighted by atomic mass is 32.2. The van der Waals surface area contributed by atoms with Crippen molar-refractivity contribution in [1.82, 2.24) is 5.32 Å². The highest BCUT2D eigenvalue weighted by Crippen LogP contribution is 2.11. The summed E-state index contributed by atoms with van der Waals surface area (Å²) in [6.45, 7) is -0.255. The number of aliphatic hydroxyl groups excluding tert-OH is 1. The summed E-state index contributed by atoms with van der Waals surface area (Å²) in [7, 11) is -3.15. The molecule has 0 fully saturated rings. The van der Waals surface area contributed by atoms with Crippen LogP contribution in [0.4, 0.5) is 0 Å². The van der Waals surface area contributed by atoms with Crippen LogP contribution in [0.3, 0.4) is 0 Å². The molecule has 0 aromatic heterocycles. The average molecular weight is 300 g/mol. The number of sulfone groups is 1. The Morgan fingerprint density at radius 3 is 2.45 bits per heavy atom. The van der Waals surface area contributed by atoms with Crippen molar-refractivity contribution in [2.45, 2.75) is 18.5 Å². The first-order valence-corrected chi connectivity index (χ1v) is 8.29. The lowest BCUT2D eigenvalue weighted by atomic mass is 10.1. The van der Waals surface area contributed by atoms with E-state index in [-0.39, 0.29) is 18.8 Å². The third-order valence-electron chi connectivity index (χ3n) is 2.84. The van der Waals surface area contributed by atoms with Gasteiger partial charge in [-0.3, -0.25) is 4.79 Å². The third kappa shape index (κ3) is 5.68. The van der Waals surface area contributed by atoms with Crippen LogP contribution in [-0.4, -0.2) is 44.1 Å². The number of rotatable bonds is 7. The molecular weight excluding hydrogens is 280 g/mol. The molecule has 0 aliphatic heterocycles. The zero-order valence-electron chi connectivity index (χ0n) is 11.3. The predicted molar refractivity (Wildman–Crippen MR) is 76.7 cm³/mol. The van der Waals surface area contributed by atoms with Crippen molar-refractivity contribution in [3.8, 4) is 0 Å². The SMILES string of the molecule is CS(=O)(=O)CCC(N)C(=O)N[C@H](CO)c1ccccc1. The first-order valence-electron chi connectivity index (χ1n) is 6.23. The van der Waals surface area contributed by atoms with Gasteiger partial charge in [0.05, 0.1) is 24.4 Å². The maximum Gasteiger partial charge on any atom is 0.237 e. The second kappa shape index (κ2) is 7.37. The second-order valence-corrected chi connectivity index (χ2v) is 6.94. The molecule has 0 heterocycles. The molecule has 4 N–H and O–H groups in total. The predicted octanol–water partition coefficient (Wildman–Crippen LogP) is -0.402. The van der Waals surface area contributed by atoms with Crippen molar-refractivity contribution < 1.29 is 18.3 Å². The lowest BCUT2D eigenvalue weighted by Gasteiger charge is -2.19. The summed E-state index contributed by atoms with van der Waals surface area (Å²) in [5, 5.41) is 11.9. The van der Waals surface area contributed by atoms with Crippen molar-refractivity contribution in [1.29, 1.82) is 0 Å². The highest BCUT2D eigenvalue weighted by molar-refractivity contribution is 7.90. The Labute approximate surface area is 118 Å². The molecule has 0 saturated heterocycles. The molecule has 1 aromatic carbocycles. The molecule has 1 amide bonds. The summed E-state index contributed by atoms with van der Waals surface area (Å²) >= 11 is 0. The molecule has 1 aromatic rings. The molecule has 1 unspecified atom stereocenters. The third-order valence-corrected chi connectivity index (χ3v) is 3.81. The average Bonchev–Trinajstić information content (AvgIpc) is 2.42. The van der Waals surface area contributed by atoms with Gasteiger partial charge in [-0.15, -0.1) is 0 Å². The molecule has 0 saturated carbocycles. The Morgan fingerprint density at radius 2 is 1.95 bits per heavy atom. The fourth-order valence-electron chi connectivity index (χ4n) is 1.67. The number of carbonyl (C=O) groups is 1. The van der Waals surface area contributed by atoms with Crippen molar-refractivity contribution in [3.63, 3.8) is 0 Å². The standard InChI is InChI=1S/C13H20N2O4S/c1-20(18,19)8-7-11(14)13(17)15-12(9-16)10-5-3-2-4-6-10/h2-6,11-12,16H,7-9,14H2,1H3,(H,15,17)/t11?,12-/m1/s1. The van der Waals surface area contributed by atoms with Gasteiger partial charge in [0.25, 0.3) is 0 Å². The zero-order valence-corrected chi connectivity index (χ0v) is 12.1. The van der Waals surface area contributed by atoms with Gasteiger partial charge in [-0.1, -0.05) is 30.3 Å². The fraction of sp³-hybridized carbons (Fsp3) is 0.462. The van der Waals surface area contributed by atoms with E-state index in [1.165, 1.54) is 0 Å². The summed E-state index contributed by atoms with van der Waals surface area (Å²) in [6, 6.07) is 7.53. The van der Waals surface area contributed by atoms with Gasteiger partial charge < -0.3 is 16.2 Å². The largest absolute Gasteiger partial charge is 0.394 e. The number of aliphatic hydroxyl groups is 1. The van der Waals surface area contributed by atoms with E-state index in [0.29, 0.717) is 0 Å². The van der Waals surface area contributed by atoms with Crippen LogP contribution in [0.25, 0.3) is 0 Å². The van der Waals surface area contributed by atoms with E-state index in [1.54, 1.807) is 24.3 Å². The first-order chi connectivity index (χ1) is 9.33. The van der Waals surface area contributed by atoms with Crippen molar-refractivity contribution in [3.05, 3.63) is 35.9 Å². The van der Waals surface area contributed by atoms with Gasteiger partial charge in [-0.25, -0.2) is 8.42 Å². The van der Waals surface area contributed by atoms with Crippen LogP contribution in [0.5, 0.6) is 0 Å². The van der Waals surface area contributed by atoms with Crippen LogP contribution in [0.2, 0.25) is 0 Å². The van der Waals surface area contributed by atoms with E-state index in [0.717, 1.165) is 11.8 Å². The molecule has 2 atom stereocenters. The maximum atomic E-state index is 11.9. The molecular formula is C13H20N2O4S. The lowest BCUT2D eigenvalue weighted by Crippen LogP contribution is -2.43. The molecule has 112 valence electrons. The zero-order chi connectivity index (χ0) is 15.2. The molecule has 0 radical (unpaired) electrons. The van der Waals surface area contributed by atoms with Gasteiger partial charge in [0.15, 0.2) is 0 Å². The number of amides is 1. The Morgan fingerprint density at radius 1 is 1.35 bits per heavy atom. The van der Waals surface area contributed by atoms with Crippen LogP contribution in [-0.2, 0) is 14.6 Å². The number of nitrogens with one attached hydrogen (secondary N) is 1. The molecule has 6 nitrogen and oxygen atoms in total. The van der Waals surface area contributed by atoms with E-state index >= 15 is 0 Å². The summed E-state index contributed by atoms with van der Waals surface area (Å²) in [5.41, 5.74) is 6.41. The Hall–Kier alpha value is -1.44. The normalized spacial score (nSPS) is 14.6. The molecule has 0 aliphatic rings. The monoisotopic (exact) mass is 300 g/mol. The van der Waals surface area contributed by atoms with E-state index < -0.39 is 27.8 Å². The van der Waals surface area contributed by atoms with Crippen LogP contribution >= 0.6 is 0 Å². The topological polar surface area (TPSA) is 109 Å². The second-order valence-electron chi connectivity index (χ2n) is 4.68. The number of nitrogens with two attached hydrogens (primary N) is 1. The Balaban J connectivity index is 2.59. The molecule has 20 heavy (non-hydrogen) atoms. The van der Waals surface area contributed by atoms with Crippen LogP contribution in [0.1, 0.15) is 18.0 Å². The number of benzene rings is 1. The van der Waals surface area contributed by atoms with Crippen LogP contribution in [0.15, 0.2) is 30.3 Å². The van der Waals surface area contributed by atoms with Crippen molar-refractivity contribution in [2.75, 3.05) is 18.6 Å². The van der Waals surface area contributed by atoms with Crippen molar-refractivity contribution >= 4 is 15.7 Å². The lowest BCUT2D eigenvalue weighted by molar-refractivity contribution is -0.123. The quantitative estimate of drug-likeness (QED) is 0.634. The maximum absolute atomic E-state index is 11.9. The minimum absolute atomic E-state index is 0.0532. The van der Waals surface area contributed by atoms with Gasteiger partial charge >= 0.3 is 0 Å². The molecule has 0 spiro atoms. The molecule has 1 rings (SSSR count). The number of carbonyl (C=O) groups excluding carboxylic acids is 1. The minimum atomic E-state index is -3.15. The highest BCUT2D eigenvalue weighted by Gasteiger charge is 2.20. The molecule has 0 aliphatic carbocycles. The minimum Gasteiger partial charge on any atom is -0.394 e. The van der Waals surface area contributed by atoms with E-state index in [4.69, 9.17) is 5.73 Å². The summed E-state index contributed by atoms with van der Waals surface area (Å²) in [6.07, 6.45) is 1.15. The van der Waals surface area contributed by atoms with Crippen molar-refractivity contribution in [2.24, 2.45) is 5.73 Å². The van der Waals surface area contributed by atoms with Gasteiger partial charge in [0.1, 0.15) is 9.84 Å². The molecule has 7 heteroatoms.